The van der Waals surface area contributed by atoms with Gasteiger partial charge in [-0.05, 0) is 76.6 Å². The predicted octanol–water partition coefficient (Wildman–Crippen LogP) is 2.62. The number of rotatable bonds is 9. The fourth-order valence-corrected chi connectivity index (χ4v) is 6.05. The van der Waals surface area contributed by atoms with Crippen molar-refractivity contribution in [3.05, 3.63) is 16.0 Å². The zero-order chi connectivity index (χ0) is 23.8. The lowest BCUT2D eigenvalue weighted by Crippen LogP contribution is -2.52. The largest absolute Gasteiger partial charge is 0.389 e. The van der Waals surface area contributed by atoms with Crippen molar-refractivity contribution in [3.63, 3.8) is 0 Å². The van der Waals surface area contributed by atoms with Crippen LogP contribution in [0.5, 0.6) is 0 Å². The number of carbonyl (C=O) groups excluding carboxylic acids is 2. The van der Waals surface area contributed by atoms with Crippen LogP contribution in [0.25, 0.3) is 0 Å². The van der Waals surface area contributed by atoms with E-state index in [-0.39, 0.29) is 23.9 Å². The van der Waals surface area contributed by atoms with Gasteiger partial charge in [0.2, 0.25) is 5.91 Å². The van der Waals surface area contributed by atoms with Crippen LogP contribution in [0.3, 0.4) is 0 Å². The lowest BCUT2D eigenvalue weighted by Gasteiger charge is -2.32. The number of nitrogen functional groups attached to an aromatic ring is 1. The Bertz CT molecular complexity index is 858. The van der Waals surface area contributed by atoms with Gasteiger partial charge in [0.25, 0.3) is 0 Å². The van der Waals surface area contributed by atoms with Crippen molar-refractivity contribution in [1.82, 2.24) is 20.9 Å². The van der Waals surface area contributed by atoms with Crippen molar-refractivity contribution >= 4 is 28.3 Å². The predicted molar refractivity (Wildman–Crippen MR) is 132 cm³/mol. The second-order valence-electron chi connectivity index (χ2n) is 9.27. The van der Waals surface area contributed by atoms with Gasteiger partial charge in [0, 0.05) is 24.0 Å². The number of imide groups is 1. The van der Waals surface area contributed by atoms with E-state index >= 15 is 0 Å². The number of aryl methyl sites for hydroxylation is 1. The lowest BCUT2D eigenvalue weighted by atomic mass is 9.80. The van der Waals surface area contributed by atoms with Crippen molar-refractivity contribution in [2.75, 3.05) is 39.0 Å². The molecule has 1 saturated heterocycles. The number of nitrogens with zero attached hydrogens (tertiary/aromatic N) is 2. The molecule has 1 aromatic heterocycles. The third kappa shape index (κ3) is 6.46. The number of amides is 3. The van der Waals surface area contributed by atoms with Gasteiger partial charge in [0.1, 0.15) is 11.1 Å². The van der Waals surface area contributed by atoms with Crippen LogP contribution >= 0.6 is 11.3 Å². The number of nitrogens with two attached hydrogens (primary N) is 1. The lowest BCUT2D eigenvalue weighted by molar-refractivity contribution is -0.133. The van der Waals surface area contributed by atoms with E-state index in [1.54, 1.807) is 0 Å². The summed E-state index contributed by atoms with van der Waals surface area (Å²) in [5, 5.41) is 19.7. The molecule has 1 fully saturated rings. The third-order valence-corrected chi connectivity index (χ3v) is 7.95. The van der Waals surface area contributed by atoms with Gasteiger partial charge < -0.3 is 21.7 Å². The molecular formula is C24H38N6O2S. The van der Waals surface area contributed by atoms with Gasteiger partial charge in [0.15, 0.2) is 0 Å². The van der Waals surface area contributed by atoms with Crippen molar-refractivity contribution in [2.45, 2.75) is 64.3 Å². The van der Waals surface area contributed by atoms with E-state index in [9.17, 15) is 14.9 Å². The minimum atomic E-state index is -0.279. The highest BCUT2D eigenvalue weighted by atomic mass is 32.1. The van der Waals surface area contributed by atoms with Crippen LogP contribution in [0.1, 0.15) is 61.5 Å². The number of fused-ring (bicyclic) bond motifs is 1. The number of thiophene rings is 1. The monoisotopic (exact) mass is 474 g/mol. The molecule has 5 N–H and O–H groups in total. The van der Waals surface area contributed by atoms with Crippen LogP contribution in [0.2, 0.25) is 0 Å². The van der Waals surface area contributed by atoms with E-state index in [4.69, 9.17) is 5.73 Å². The molecule has 0 saturated carbocycles. The number of urea groups is 1. The standard InChI is InChI=1S/C24H38N6O2S/c1-3-4-11-30(24(32)29-18-7-9-28-10-8-18)23(31)17(15-27-2)12-16-5-6-21-19(13-16)20(14-25)22(26)33-21/h16-18,27-28H,3-13,15,26H2,1-2H3,(H,29,32). The van der Waals surface area contributed by atoms with Crippen molar-refractivity contribution in [3.8, 4) is 6.07 Å². The van der Waals surface area contributed by atoms with Gasteiger partial charge in [-0.15, -0.1) is 11.3 Å². The Morgan fingerprint density at radius 2 is 2.09 bits per heavy atom. The quantitative estimate of drug-likeness (QED) is 0.436. The Morgan fingerprint density at radius 3 is 2.76 bits per heavy atom. The summed E-state index contributed by atoms with van der Waals surface area (Å²) in [5.41, 5.74) is 7.73. The summed E-state index contributed by atoms with van der Waals surface area (Å²) in [6.45, 7) is 4.82. The minimum absolute atomic E-state index is 0.0969. The van der Waals surface area contributed by atoms with E-state index < -0.39 is 0 Å². The van der Waals surface area contributed by atoms with Crippen LogP contribution in [-0.2, 0) is 17.6 Å². The highest BCUT2D eigenvalue weighted by molar-refractivity contribution is 7.16. The average Bonchev–Trinajstić information content (AvgIpc) is 3.13. The molecule has 182 valence electrons. The molecule has 1 aromatic rings. The van der Waals surface area contributed by atoms with Gasteiger partial charge in [-0.1, -0.05) is 13.3 Å². The summed E-state index contributed by atoms with van der Waals surface area (Å²) in [4.78, 5) is 29.4. The number of carbonyl (C=O) groups is 2. The molecular weight excluding hydrogens is 436 g/mol. The topological polar surface area (TPSA) is 123 Å². The summed E-state index contributed by atoms with van der Waals surface area (Å²) in [6, 6.07) is 2.12. The van der Waals surface area contributed by atoms with Crippen molar-refractivity contribution in [1.29, 1.82) is 5.26 Å². The number of hydrogen-bond acceptors (Lipinski definition) is 7. The number of piperidine rings is 1. The molecule has 0 spiro atoms. The van der Waals surface area contributed by atoms with E-state index in [0.717, 1.165) is 63.6 Å². The molecule has 2 unspecified atom stereocenters. The Morgan fingerprint density at radius 1 is 1.33 bits per heavy atom. The second-order valence-corrected chi connectivity index (χ2v) is 10.4. The normalized spacial score (nSPS) is 19.4. The maximum absolute atomic E-state index is 13.6. The molecule has 0 bridgehead atoms. The van der Waals surface area contributed by atoms with E-state index in [0.29, 0.717) is 36.0 Å². The van der Waals surface area contributed by atoms with Crippen LogP contribution in [0.4, 0.5) is 9.80 Å². The molecule has 2 aliphatic rings. The molecule has 1 aliphatic heterocycles. The van der Waals surface area contributed by atoms with Gasteiger partial charge in [0.05, 0.1) is 11.5 Å². The summed E-state index contributed by atoms with van der Waals surface area (Å²) >= 11 is 1.52. The maximum atomic E-state index is 13.6. The van der Waals surface area contributed by atoms with Gasteiger partial charge >= 0.3 is 6.03 Å². The zero-order valence-corrected chi connectivity index (χ0v) is 20.7. The molecule has 8 nitrogen and oxygen atoms in total. The number of unbranched alkanes of at least 4 members (excludes halogenated alkanes) is 1. The van der Waals surface area contributed by atoms with Crippen molar-refractivity contribution in [2.24, 2.45) is 11.8 Å². The van der Waals surface area contributed by atoms with Gasteiger partial charge in [-0.3, -0.25) is 9.69 Å². The number of nitrogens with one attached hydrogen (secondary N) is 3. The summed E-state index contributed by atoms with van der Waals surface area (Å²) in [7, 11) is 1.85. The van der Waals surface area contributed by atoms with Gasteiger partial charge in [-0.25, -0.2) is 4.79 Å². The summed E-state index contributed by atoms with van der Waals surface area (Å²) < 4.78 is 0. The summed E-state index contributed by atoms with van der Waals surface area (Å²) in [6.07, 6.45) is 6.83. The first-order valence-electron chi connectivity index (χ1n) is 12.3. The highest BCUT2D eigenvalue weighted by Crippen LogP contribution is 2.39. The maximum Gasteiger partial charge on any atom is 0.324 e. The fourth-order valence-electron chi connectivity index (χ4n) is 4.99. The van der Waals surface area contributed by atoms with E-state index in [1.807, 2.05) is 7.05 Å². The number of hydrogen-bond donors (Lipinski definition) is 4. The van der Waals surface area contributed by atoms with Gasteiger partial charge in [-0.2, -0.15) is 5.26 Å². The number of nitriles is 1. The molecule has 33 heavy (non-hydrogen) atoms. The van der Waals surface area contributed by atoms with E-state index in [1.165, 1.54) is 21.1 Å². The SMILES string of the molecule is CCCCN(C(=O)NC1CCNCC1)C(=O)C(CNC)CC1CCc2sc(N)c(C#N)c2C1. The number of anilines is 1. The third-order valence-electron chi connectivity index (χ3n) is 6.83. The molecule has 2 atom stereocenters. The Balaban J connectivity index is 1.70. The summed E-state index contributed by atoms with van der Waals surface area (Å²) in [5.74, 6) is -0.0829. The first kappa shape index (κ1) is 25.5. The molecule has 0 radical (unpaired) electrons. The van der Waals surface area contributed by atoms with Crippen molar-refractivity contribution < 1.29 is 9.59 Å². The highest BCUT2D eigenvalue weighted by Gasteiger charge is 2.33. The second kappa shape index (κ2) is 12.4. The Kier molecular flexibility index (Phi) is 9.53. The minimum Gasteiger partial charge on any atom is -0.389 e. The molecule has 3 rings (SSSR count). The molecule has 2 heterocycles. The first-order chi connectivity index (χ1) is 16.0. The van der Waals surface area contributed by atoms with Crippen LogP contribution in [0, 0.1) is 23.2 Å². The Hall–Kier alpha value is -2.15. The average molecular weight is 475 g/mol. The van der Waals surface area contributed by atoms with E-state index in [2.05, 4.69) is 28.9 Å². The van der Waals surface area contributed by atoms with Crippen LogP contribution in [0.15, 0.2) is 0 Å². The van der Waals surface area contributed by atoms with Crippen LogP contribution in [-0.4, -0.2) is 56.1 Å². The molecule has 0 aromatic carbocycles. The van der Waals surface area contributed by atoms with Crippen LogP contribution < -0.4 is 21.7 Å². The fraction of sp³-hybridized carbons (Fsp3) is 0.708. The zero-order valence-electron chi connectivity index (χ0n) is 19.9. The first-order valence-corrected chi connectivity index (χ1v) is 13.1. The molecule has 9 heteroatoms. The molecule has 1 aliphatic carbocycles. The molecule has 3 amide bonds. The Labute approximate surface area is 201 Å². The smallest absolute Gasteiger partial charge is 0.324 e.